The van der Waals surface area contributed by atoms with Gasteiger partial charge in [-0.05, 0) is 31.8 Å². The van der Waals surface area contributed by atoms with E-state index < -0.39 is 0 Å². The molecule has 0 aromatic rings. The van der Waals surface area contributed by atoms with Crippen molar-refractivity contribution in [3.8, 4) is 0 Å². The molecular weight excluding hydrogens is 236 g/mol. The highest BCUT2D eigenvalue weighted by Gasteiger charge is 2.03. The molecule has 3 heteroatoms. The van der Waals surface area contributed by atoms with Gasteiger partial charge in [-0.3, -0.25) is 0 Å². The van der Waals surface area contributed by atoms with E-state index in [1.54, 1.807) is 0 Å². The lowest BCUT2D eigenvalue weighted by Crippen LogP contribution is -2.16. The molecule has 0 aromatic carbocycles. The number of hydrogen-bond donors (Lipinski definition) is 0. The van der Waals surface area contributed by atoms with E-state index in [-0.39, 0.29) is 6.29 Å². The van der Waals surface area contributed by atoms with Crippen LogP contribution in [-0.2, 0) is 9.47 Å². The molecule has 0 rings (SSSR count). The van der Waals surface area contributed by atoms with Gasteiger partial charge in [-0.25, -0.2) is 0 Å². The van der Waals surface area contributed by atoms with Crippen molar-refractivity contribution in [2.24, 2.45) is 0 Å². The fourth-order valence-corrected chi connectivity index (χ4v) is 1.40. The Labute approximate surface area is 111 Å². The van der Waals surface area contributed by atoms with E-state index in [1.807, 2.05) is 6.08 Å². The van der Waals surface area contributed by atoms with E-state index in [9.17, 15) is 0 Å². The van der Waals surface area contributed by atoms with Crippen LogP contribution in [0.3, 0.4) is 0 Å². The monoisotopic (exact) mass is 262 g/mol. The molecule has 0 spiro atoms. The molecule has 0 atom stereocenters. The largest absolute Gasteiger partial charge is 0.349 e. The standard InChI is InChI=1S/C14H27ClO2/c1-3-5-12-16-14(17-13-6-4-2)10-8-7-9-11-15/h8,10,14H,3-7,9,11-13H2,1-2H3/b10-8+. The third kappa shape index (κ3) is 12.2. The van der Waals surface area contributed by atoms with Gasteiger partial charge in [0.05, 0.1) is 13.2 Å². The quantitative estimate of drug-likeness (QED) is 0.223. The maximum atomic E-state index is 5.67. The molecule has 2 nitrogen and oxygen atoms in total. The van der Waals surface area contributed by atoms with E-state index in [2.05, 4.69) is 19.9 Å². The molecular formula is C14H27ClO2. The first-order valence-corrected chi connectivity index (χ1v) is 7.34. The summed E-state index contributed by atoms with van der Waals surface area (Å²) in [5.74, 6) is 0.711. The van der Waals surface area contributed by atoms with Gasteiger partial charge in [0.25, 0.3) is 0 Å². The van der Waals surface area contributed by atoms with Gasteiger partial charge in [-0.2, -0.15) is 0 Å². The highest BCUT2D eigenvalue weighted by molar-refractivity contribution is 6.17. The number of alkyl halides is 1. The lowest BCUT2D eigenvalue weighted by molar-refractivity contribution is -0.112. The Morgan fingerprint density at radius 1 is 1.00 bits per heavy atom. The summed E-state index contributed by atoms with van der Waals surface area (Å²) in [6, 6.07) is 0. The SMILES string of the molecule is CCCCOC(/C=C/CCCCl)OCCCC. The molecule has 0 aliphatic carbocycles. The van der Waals surface area contributed by atoms with E-state index in [1.165, 1.54) is 0 Å². The Morgan fingerprint density at radius 3 is 2.06 bits per heavy atom. The zero-order chi connectivity index (χ0) is 12.8. The number of hydrogen-bond acceptors (Lipinski definition) is 2. The van der Waals surface area contributed by atoms with Gasteiger partial charge in [0.1, 0.15) is 0 Å². The minimum atomic E-state index is -0.177. The Morgan fingerprint density at radius 2 is 1.59 bits per heavy atom. The van der Waals surface area contributed by atoms with Crippen LogP contribution in [0.2, 0.25) is 0 Å². The lowest BCUT2D eigenvalue weighted by Gasteiger charge is -2.14. The molecule has 0 aliphatic heterocycles. The minimum Gasteiger partial charge on any atom is -0.349 e. The summed E-state index contributed by atoms with van der Waals surface area (Å²) < 4.78 is 11.3. The van der Waals surface area contributed by atoms with Crippen LogP contribution in [0.15, 0.2) is 12.2 Å². The fourth-order valence-electron chi connectivity index (χ4n) is 1.25. The molecule has 0 saturated carbocycles. The van der Waals surface area contributed by atoms with Crippen LogP contribution in [0.4, 0.5) is 0 Å². The maximum Gasteiger partial charge on any atom is 0.176 e. The van der Waals surface area contributed by atoms with Gasteiger partial charge in [0, 0.05) is 5.88 Å². The van der Waals surface area contributed by atoms with Crippen molar-refractivity contribution in [1.29, 1.82) is 0 Å². The van der Waals surface area contributed by atoms with Crippen molar-refractivity contribution < 1.29 is 9.47 Å². The molecule has 0 radical (unpaired) electrons. The second-order valence-corrected chi connectivity index (χ2v) is 4.45. The lowest BCUT2D eigenvalue weighted by atomic mass is 10.3. The summed E-state index contributed by atoms with van der Waals surface area (Å²) in [4.78, 5) is 0. The van der Waals surface area contributed by atoms with E-state index in [4.69, 9.17) is 21.1 Å². The van der Waals surface area contributed by atoms with Gasteiger partial charge < -0.3 is 9.47 Å². The Hall–Kier alpha value is -0.0500. The van der Waals surface area contributed by atoms with Crippen molar-refractivity contribution in [2.45, 2.75) is 58.7 Å². The van der Waals surface area contributed by atoms with Crippen molar-refractivity contribution in [3.63, 3.8) is 0 Å². The molecule has 102 valence electrons. The van der Waals surface area contributed by atoms with Crippen molar-refractivity contribution in [1.82, 2.24) is 0 Å². The molecule has 0 fully saturated rings. The molecule has 0 unspecified atom stereocenters. The first kappa shape index (κ1) is 16.9. The summed E-state index contributed by atoms with van der Waals surface area (Å²) in [7, 11) is 0. The fraction of sp³-hybridized carbons (Fsp3) is 0.857. The molecule has 0 bridgehead atoms. The average Bonchev–Trinajstić information content (AvgIpc) is 2.34. The molecule has 0 amide bonds. The molecule has 0 aliphatic rings. The van der Waals surface area contributed by atoms with Crippen LogP contribution in [0.5, 0.6) is 0 Å². The van der Waals surface area contributed by atoms with E-state index in [0.717, 1.165) is 51.7 Å². The third-order valence-corrected chi connectivity index (χ3v) is 2.62. The third-order valence-electron chi connectivity index (χ3n) is 2.36. The van der Waals surface area contributed by atoms with Crippen molar-refractivity contribution >= 4 is 11.6 Å². The zero-order valence-corrected chi connectivity index (χ0v) is 12.0. The van der Waals surface area contributed by atoms with Gasteiger partial charge in [0.15, 0.2) is 6.29 Å². The summed E-state index contributed by atoms with van der Waals surface area (Å²) in [5, 5.41) is 0. The van der Waals surface area contributed by atoms with Crippen molar-refractivity contribution in [3.05, 3.63) is 12.2 Å². The van der Waals surface area contributed by atoms with E-state index in [0.29, 0.717) is 5.88 Å². The first-order chi connectivity index (χ1) is 8.35. The van der Waals surface area contributed by atoms with Crippen LogP contribution in [0.1, 0.15) is 52.4 Å². The average molecular weight is 263 g/mol. The van der Waals surface area contributed by atoms with Gasteiger partial charge in [0.2, 0.25) is 0 Å². The topological polar surface area (TPSA) is 18.5 Å². The molecule has 0 saturated heterocycles. The van der Waals surface area contributed by atoms with Crippen LogP contribution >= 0.6 is 11.6 Å². The second kappa shape index (κ2) is 14.0. The predicted octanol–water partition coefficient (Wildman–Crippen LogP) is 4.52. The molecule has 0 N–H and O–H groups in total. The summed E-state index contributed by atoms with van der Waals surface area (Å²) in [6.45, 7) is 5.86. The number of ether oxygens (including phenoxy) is 2. The summed E-state index contributed by atoms with van der Waals surface area (Å²) in [6.07, 6.45) is 10.4. The Bertz CT molecular complexity index is 162. The van der Waals surface area contributed by atoms with Crippen LogP contribution in [0.25, 0.3) is 0 Å². The van der Waals surface area contributed by atoms with Crippen LogP contribution in [-0.4, -0.2) is 25.4 Å². The van der Waals surface area contributed by atoms with E-state index >= 15 is 0 Å². The number of unbranched alkanes of at least 4 members (excludes halogenated alkanes) is 3. The summed E-state index contributed by atoms with van der Waals surface area (Å²) in [5.41, 5.74) is 0. The summed E-state index contributed by atoms with van der Waals surface area (Å²) >= 11 is 5.63. The molecule has 0 heterocycles. The van der Waals surface area contributed by atoms with Crippen LogP contribution in [0, 0.1) is 0 Å². The zero-order valence-electron chi connectivity index (χ0n) is 11.3. The number of allylic oxidation sites excluding steroid dienone is 1. The number of halogens is 1. The van der Waals surface area contributed by atoms with Gasteiger partial charge in [-0.15, -0.1) is 11.6 Å². The van der Waals surface area contributed by atoms with Crippen molar-refractivity contribution in [2.75, 3.05) is 19.1 Å². The normalized spacial score (nSPS) is 11.8. The minimum absolute atomic E-state index is 0.177. The van der Waals surface area contributed by atoms with Gasteiger partial charge >= 0.3 is 0 Å². The smallest absolute Gasteiger partial charge is 0.176 e. The highest BCUT2D eigenvalue weighted by Crippen LogP contribution is 2.04. The number of rotatable bonds is 12. The molecule has 0 aromatic heterocycles. The maximum absolute atomic E-state index is 5.67. The van der Waals surface area contributed by atoms with Gasteiger partial charge in [-0.1, -0.05) is 32.8 Å². The van der Waals surface area contributed by atoms with Crippen LogP contribution < -0.4 is 0 Å². The Balaban J connectivity index is 3.78. The molecule has 17 heavy (non-hydrogen) atoms. The predicted molar refractivity (Wildman–Crippen MR) is 74.6 cm³/mol. The highest BCUT2D eigenvalue weighted by atomic mass is 35.5. The first-order valence-electron chi connectivity index (χ1n) is 6.81. The second-order valence-electron chi connectivity index (χ2n) is 4.08. The Kier molecular flexibility index (Phi) is 14.0.